The molecule has 1 heterocycles. The Balaban J connectivity index is 1.98. The number of carbonyl (C=O) groups excluding carboxylic acids is 1. The molecule has 1 aromatic carbocycles. The van der Waals surface area contributed by atoms with Crippen LogP contribution in [0.2, 0.25) is 0 Å². The molecular formula is C17H20N2O3S2. The van der Waals surface area contributed by atoms with E-state index in [4.69, 9.17) is 0 Å². The van der Waals surface area contributed by atoms with Crippen molar-refractivity contribution < 1.29 is 13.2 Å². The monoisotopic (exact) mass is 364 g/mol. The molecule has 1 aromatic heterocycles. The molecule has 0 saturated carbocycles. The van der Waals surface area contributed by atoms with Crippen LogP contribution < -0.4 is 10.0 Å². The molecule has 0 unspecified atom stereocenters. The van der Waals surface area contributed by atoms with Crippen LogP contribution in [0.5, 0.6) is 0 Å². The van der Waals surface area contributed by atoms with Crippen LogP contribution in [-0.2, 0) is 21.4 Å². The zero-order valence-corrected chi connectivity index (χ0v) is 15.2. The molecule has 0 aliphatic rings. The highest BCUT2D eigenvalue weighted by atomic mass is 32.2. The molecule has 2 aromatic rings. The zero-order chi connectivity index (χ0) is 17.6. The lowest BCUT2D eigenvalue weighted by molar-refractivity contribution is -0.116. The molecule has 0 aliphatic carbocycles. The zero-order valence-electron chi connectivity index (χ0n) is 13.5. The van der Waals surface area contributed by atoms with Gasteiger partial charge < -0.3 is 5.32 Å². The molecule has 5 nitrogen and oxygen atoms in total. The quantitative estimate of drug-likeness (QED) is 0.742. The van der Waals surface area contributed by atoms with E-state index in [1.165, 1.54) is 12.1 Å². The van der Waals surface area contributed by atoms with Crippen molar-refractivity contribution in [1.82, 2.24) is 10.0 Å². The minimum absolute atomic E-state index is 0.180. The Bertz CT molecular complexity index is 810. The highest BCUT2D eigenvalue weighted by Gasteiger charge is 2.15. The van der Waals surface area contributed by atoms with Crippen molar-refractivity contribution in [2.75, 3.05) is 0 Å². The number of nitrogens with one attached hydrogen (secondary N) is 2. The smallest absolute Gasteiger partial charge is 0.244 e. The second-order valence-corrected chi connectivity index (χ2v) is 8.18. The number of hydrogen-bond acceptors (Lipinski definition) is 4. The summed E-state index contributed by atoms with van der Waals surface area (Å²) in [5.41, 5.74) is 0.722. The number of thiophene rings is 1. The van der Waals surface area contributed by atoms with Crippen molar-refractivity contribution >= 4 is 33.3 Å². The van der Waals surface area contributed by atoms with Crippen molar-refractivity contribution in [3.8, 4) is 0 Å². The SMILES string of the molecule is CC(C)NS(=O)(=O)c1cccc(CNC(=O)/C=C/c2cccs2)c1. The number of hydrogen-bond donors (Lipinski definition) is 2. The molecular weight excluding hydrogens is 344 g/mol. The summed E-state index contributed by atoms with van der Waals surface area (Å²) >= 11 is 1.55. The fraction of sp³-hybridized carbons (Fsp3) is 0.235. The van der Waals surface area contributed by atoms with Crippen molar-refractivity contribution in [3.05, 3.63) is 58.3 Å². The van der Waals surface area contributed by atoms with Crippen LogP contribution in [0.25, 0.3) is 6.08 Å². The first-order valence-corrected chi connectivity index (χ1v) is 9.84. The molecule has 0 spiro atoms. The maximum atomic E-state index is 12.2. The summed E-state index contributed by atoms with van der Waals surface area (Å²) in [6.45, 7) is 3.79. The minimum Gasteiger partial charge on any atom is -0.348 e. The van der Waals surface area contributed by atoms with E-state index in [1.54, 1.807) is 49.5 Å². The van der Waals surface area contributed by atoms with Gasteiger partial charge in [-0.15, -0.1) is 11.3 Å². The van der Waals surface area contributed by atoms with Crippen LogP contribution in [0.4, 0.5) is 0 Å². The molecule has 1 amide bonds. The van der Waals surface area contributed by atoms with Crippen molar-refractivity contribution in [3.63, 3.8) is 0 Å². The van der Waals surface area contributed by atoms with Gasteiger partial charge >= 0.3 is 0 Å². The summed E-state index contributed by atoms with van der Waals surface area (Å²) in [5.74, 6) is -0.225. The van der Waals surface area contributed by atoms with Gasteiger partial charge in [0.2, 0.25) is 15.9 Å². The normalized spacial score (nSPS) is 12.0. The number of benzene rings is 1. The Morgan fingerprint density at radius 3 is 2.71 bits per heavy atom. The number of sulfonamides is 1. The van der Waals surface area contributed by atoms with Gasteiger partial charge in [-0.1, -0.05) is 18.2 Å². The van der Waals surface area contributed by atoms with E-state index in [9.17, 15) is 13.2 Å². The first kappa shape index (κ1) is 18.4. The Kier molecular flexibility index (Phi) is 6.30. The Hall–Kier alpha value is -1.96. The predicted octanol–water partition coefficient (Wildman–Crippen LogP) is 2.76. The molecule has 0 fully saturated rings. The van der Waals surface area contributed by atoms with Gasteiger partial charge in [0.1, 0.15) is 0 Å². The molecule has 0 bridgehead atoms. The van der Waals surface area contributed by atoms with Crippen LogP contribution >= 0.6 is 11.3 Å². The van der Waals surface area contributed by atoms with Crippen LogP contribution in [0.15, 0.2) is 52.7 Å². The summed E-state index contributed by atoms with van der Waals surface area (Å²) in [6, 6.07) is 10.2. The Morgan fingerprint density at radius 2 is 2.04 bits per heavy atom. The molecule has 2 rings (SSSR count). The first-order valence-electron chi connectivity index (χ1n) is 7.47. The lowest BCUT2D eigenvalue weighted by atomic mass is 10.2. The van der Waals surface area contributed by atoms with Gasteiger partial charge in [-0.3, -0.25) is 4.79 Å². The maximum absolute atomic E-state index is 12.2. The topological polar surface area (TPSA) is 75.3 Å². The van der Waals surface area contributed by atoms with Gasteiger partial charge in [-0.05, 0) is 49.1 Å². The molecule has 7 heteroatoms. The third-order valence-electron chi connectivity index (χ3n) is 3.01. The van der Waals surface area contributed by atoms with Gasteiger partial charge in [0, 0.05) is 23.5 Å². The molecule has 0 aliphatic heterocycles. The van der Waals surface area contributed by atoms with E-state index in [0.29, 0.717) is 0 Å². The van der Waals surface area contributed by atoms with E-state index < -0.39 is 10.0 Å². The van der Waals surface area contributed by atoms with Crippen molar-refractivity contribution in [2.24, 2.45) is 0 Å². The van der Waals surface area contributed by atoms with E-state index in [-0.39, 0.29) is 23.4 Å². The van der Waals surface area contributed by atoms with Crippen LogP contribution in [0.1, 0.15) is 24.3 Å². The number of amides is 1. The highest BCUT2D eigenvalue weighted by Crippen LogP contribution is 2.12. The molecule has 24 heavy (non-hydrogen) atoms. The third-order valence-corrected chi connectivity index (χ3v) is 5.50. The summed E-state index contributed by atoms with van der Waals surface area (Å²) in [7, 11) is -3.54. The molecule has 128 valence electrons. The number of rotatable bonds is 7. The largest absolute Gasteiger partial charge is 0.348 e. The predicted molar refractivity (Wildman–Crippen MR) is 97.1 cm³/mol. The lowest BCUT2D eigenvalue weighted by Crippen LogP contribution is -2.30. The second kappa shape index (κ2) is 8.23. The average Bonchev–Trinajstić information content (AvgIpc) is 3.03. The van der Waals surface area contributed by atoms with Crippen molar-refractivity contribution in [2.45, 2.75) is 31.3 Å². The van der Waals surface area contributed by atoms with Gasteiger partial charge in [0.25, 0.3) is 0 Å². The third kappa shape index (κ3) is 5.59. The maximum Gasteiger partial charge on any atom is 0.244 e. The van der Waals surface area contributed by atoms with E-state index in [0.717, 1.165) is 10.4 Å². The average molecular weight is 364 g/mol. The van der Waals surface area contributed by atoms with E-state index >= 15 is 0 Å². The summed E-state index contributed by atoms with van der Waals surface area (Å²) in [5, 5.41) is 4.68. The first-order chi connectivity index (χ1) is 11.4. The summed E-state index contributed by atoms with van der Waals surface area (Å²) in [4.78, 5) is 13.0. The summed E-state index contributed by atoms with van der Waals surface area (Å²) < 4.78 is 26.9. The fourth-order valence-corrected chi connectivity index (χ4v) is 3.93. The van der Waals surface area contributed by atoms with Gasteiger partial charge in [-0.25, -0.2) is 13.1 Å². The minimum atomic E-state index is -3.54. The fourth-order valence-electron chi connectivity index (χ4n) is 1.99. The second-order valence-electron chi connectivity index (χ2n) is 5.49. The number of carbonyl (C=O) groups is 1. The van der Waals surface area contributed by atoms with E-state index in [1.807, 2.05) is 17.5 Å². The Labute approximate surface area is 146 Å². The molecule has 0 saturated heterocycles. The van der Waals surface area contributed by atoms with Gasteiger partial charge in [0.05, 0.1) is 4.90 Å². The molecule has 2 N–H and O–H groups in total. The summed E-state index contributed by atoms with van der Waals surface area (Å²) in [6.07, 6.45) is 3.21. The van der Waals surface area contributed by atoms with Crippen LogP contribution in [0, 0.1) is 0 Å². The van der Waals surface area contributed by atoms with Crippen LogP contribution in [0.3, 0.4) is 0 Å². The molecule has 0 atom stereocenters. The van der Waals surface area contributed by atoms with E-state index in [2.05, 4.69) is 10.0 Å². The highest BCUT2D eigenvalue weighted by molar-refractivity contribution is 7.89. The lowest BCUT2D eigenvalue weighted by Gasteiger charge is -2.10. The van der Waals surface area contributed by atoms with Crippen LogP contribution in [-0.4, -0.2) is 20.4 Å². The standard InChI is InChI=1S/C17H20N2O3S2/c1-13(2)19-24(21,22)16-7-3-5-14(11-16)12-18-17(20)9-8-15-6-4-10-23-15/h3-11,13,19H,12H2,1-2H3,(H,18,20)/b9-8+. The molecule has 0 radical (unpaired) electrons. The Morgan fingerprint density at radius 1 is 1.25 bits per heavy atom. The van der Waals surface area contributed by atoms with Crippen molar-refractivity contribution in [1.29, 1.82) is 0 Å². The van der Waals surface area contributed by atoms with Gasteiger partial charge in [0.15, 0.2) is 0 Å². The van der Waals surface area contributed by atoms with Gasteiger partial charge in [-0.2, -0.15) is 0 Å².